The van der Waals surface area contributed by atoms with Gasteiger partial charge in [0, 0.05) is 6.04 Å². The summed E-state index contributed by atoms with van der Waals surface area (Å²) in [5.74, 6) is 0. The fourth-order valence-corrected chi connectivity index (χ4v) is 2.27. The predicted octanol–water partition coefficient (Wildman–Crippen LogP) is 0.471. The number of hydrogen-bond acceptors (Lipinski definition) is 3. The largest absolute Gasteiger partial charge is 0.301 e. The maximum atomic E-state index is 10.6. The summed E-state index contributed by atoms with van der Waals surface area (Å²) >= 11 is 0. The molecule has 0 bridgehead atoms. The molecular formula is C8H17NO2S. The van der Waals surface area contributed by atoms with Crippen molar-refractivity contribution in [3.63, 3.8) is 0 Å². The first-order chi connectivity index (χ1) is 5.61. The van der Waals surface area contributed by atoms with Crippen LogP contribution in [0.5, 0.6) is 0 Å². The molecule has 0 amide bonds. The fourth-order valence-electron chi connectivity index (χ4n) is 1.61. The lowest BCUT2D eigenvalue weighted by Gasteiger charge is -2.32. The van der Waals surface area contributed by atoms with E-state index in [4.69, 9.17) is 0 Å². The van der Waals surface area contributed by atoms with E-state index in [1.54, 1.807) is 0 Å². The van der Waals surface area contributed by atoms with E-state index in [0.717, 1.165) is 25.9 Å². The molecule has 0 aromatic heterocycles. The lowest BCUT2D eigenvalue weighted by molar-refractivity contribution is 0.187. The van der Waals surface area contributed by atoms with Crippen molar-refractivity contribution in [3.05, 3.63) is 0 Å². The molecule has 0 radical (unpaired) electrons. The molecule has 1 aliphatic heterocycles. The van der Waals surface area contributed by atoms with Crippen molar-refractivity contribution in [2.24, 2.45) is 0 Å². The molecule has 0 unspecified atom stereocenters. The monoisotopic (exact) mass is 191 g/mol. The summed E-state index contributed by atoms with van der Waals surface area (Å²) in [6, 6.07) is 0.551. The Balaban J connectivity index is 2.39. The minimum absolute atomic E-state index is 0.0602. The third-order valence-electron chi connectivity index (χ3n) is 2.53. The van der Waals surface area contributed by atoms with Crippen LogP contribution in [-0.2, 0) is 10.7 Å². The number of nitrogens with zero attached hydrogens (tertiary/aromatic N) is 1. The molecule has 1 saturated heterocycles. The van der Waals surface area contributed by atoms with Crippen molar-refractivity contribution in [2.45, 2.75) is 38.0 Å². The van der Waals surface area contributed by atoms with Crippen molar-refractivity contribution >= 4 is 10.7 Å². The molecule has 1 fully saturated rings. The lowest BCUT2D eigenvalue weighted by Crippen LogP contribution is -2.40. The Hall–Kier alpha value is -0.0900. The van der Waals surface area contributed by atoms with Crippen LogP contribution < -0.4 is 0 Å². The van der Waals surface area contributed by atoms with Gasteiger partial charge >= 0.3 is 0 Å². The minimum Gasteiger partial charge on any atom is -0.301 e. The topological polar surface area (TPSA) is 37.4 Å². The van der Waals surface area contributed by atoms with Crippen molar-refractivity contribution in [3.8, 4) is 0 Å². The average molecular weight is 191 g/mol. The Morgan fingerprint density at radius 1 is 1.25 bits per heavy atom. The summed E-state index contributed by atoms with van der Waals surface area (Å²) in [5.41, 5.74) is 0. The molecule has 1 rings (SSSR count). The summed E-state index contributed by atoms with van der Waals surface area (Å²) < 4.78 is 21.3. The molecule has 0 atom stereocenters. The number of likely N-dealkylation sites (tertiary alicyclic amines) is 1. The van der Waals surface area contributed by atoms with Crippen LogP contribution in [0.15, 0.2) is 0 Å². The van der Waals surface area contributed by atoms with Gasteiger partial charge in [-0.2, -0.15) is 0 Å². The van der Waals surface area contributed by atoms with Crippen LogP contribution in [0.2, 0.25) is 0 Å². The van der Waals surface area contributed by atoms with Crippen molar-refractivity contribution in [1.82, 2.24) is 4.90 Å². The molecule has 4 heteroatoms. The number of hydrogen-bond donors (Lipinski definition) is 1. The van der Waals surface area contributed by atoms with E-state index < -0.39 is 10.7 Å². The summed E-state index contributed by atoms with van der Waals surface area (Å²) in [4.78, 5) is 2.33. The molecule has 0 spiro atoms. The van der Waals surface area contributed by atoms with Gasteiger partial charge in [-0.15, -0.1) is 0 Å². The fraction of sp³-hybridized carbons (Fsp3) is 1.00. The van der Waals surface area contributed by atoms with Crippen LogP contribution in [0.4, 0.5) is 0 Å². The maximum Gasteiger partial charge on any atom is 0.143 e. The molecule has 72 valence electrons. The van der Waals surface area contributed by atoms with Crippen LogP contribution in [-0.4, -0.2) is 37.7 Å². The lowest BCUT2D eigenvalue weighted by atomic mass is 10.1. The van der Waals surface area contributed by atoms with Gasteiger partial charge < -0.3 is 4.90 Å². The summed E-state index contributed by atoms with van der Waals surface area (Å²) in [6.45, 7) is 6.17. The maximum absolute atomic E-state index is 10.6. The van der Waals surface area contributed by atoms with Gasteiger partial charge in [-0.3, -0.25) is 0 Å². The van der Waals surface area contributed by atoms with E-state index in [9.17, 15) is 8.42 Å². The van der Waals surface area contributed by atoms with E-state index in [0.29, 0.717) is 6.04 Å². The standard InChI is InChI=1S/C8H17NO2S/c1-7(2)9-5-3-8(4-6-9)12(10)11/h7-8,12H,3-6H2,1-2H3. The molecule has 1 heterocycles. The Morgan fingerprint density at radius 3 is 2.08 bits per heavy atom. The third kappa shape index (κ3) is 2.45. The molecule has 1 aliphatic rings. The Kier molecular flexibility index (Phi) is 3.53. The van der Waals surface area contributed by atoms with Gasteiger partial charge in [0.15, 0.2) is 0 Å². The van der Waals surface area contributed by atoms with Crippen molar-refractivity contribution in [1.29, 1.82) is 0 Å². The van der Waals surface area contributed by atoms with E-state index in [-0.39, 0.29) is 5.25 Å². The highest BCUT2D eigenvalue weighted by molar-refractivity contribution is 7.73. The van der Waals surface area contributed by atoms with E-state index in [2.05, 4.69) is 18.7 Å². The number of piperidine rings is 1. The first kappa shape index (κ1) is 9.99. The second-order valence-corrected chi connectivity index (χ2v) is 4.95. The molecule has 0 aromatic carbocycles. The van der Waals surface area contributed by atoms with Crippen LogP contribution in [0.1, 0.15) is 26.7 Å². The molecule has 0 aromatic rings. The van der Waals surface area contributed by atoms with Gasteiger partial charge in [0.1, 0.15) is 10.7 Å². The van der Waals surface area contributed by atoms with Crippen molar-refractivity contribution < 1.29 is 8.42 Å². The number of rotatable bonds is 2. The Labute approximate surface area is 75.7 Å². The highest BCUT2D eigenvalue weighted by atomic mass is 32.2. The summed E-state index contributed by atoms with van der Waals surface area (Å²) in [5, 5.41) is -0.0602. The van der Waals surface area contributed by atoms with Gasteiger partial charge in [0.2, 0.25) is 0 Å². The zero-order valence-electron chi connectivity index (χ0n) is 7.69. The van der Waals surface area contributed by atoms with Gasteiger partial charge in [0.25, 0.3) is 0 Å². The zero-order chi connectivity index (χ0) is 9.14. The minimum atomic E-state index is -2.18. The van der Waals surface area contributed by atoms with Crippen LogP contribution >= 0.6 is 0 Å². The molecule has 3 nitrogen and oxygen atoms in total. The number of thiol groups is 1. The van der Waals surface area contributed by atoms with E-state index in [1.165, 1.54) is 0 Å². The van der Waals surface area contributed by atoms with Crippen LogP contribution in [0.3, 0.4) is 0 Å². The van der Waals surface area contributed by atoms with Crippen LogP contribution in [0, 0.1) is 0 Å². The second-order valence-electron chi connectivity index (χ2n) is 3.65. The first-order valence-electron chi connectivity index (χ1n) is 4.49. The SMILES string of the molecule is CC(C)N1CCC([SH](=O)=O)CC1. The van der Waals surface area contributed by atoms with Gasteiger partial charge in [-0.1, -0.05) is 0 Å². The van der Waals surface area contributed by atoms with Crippen LogP contribution in [0.25, 0.3) is 0 Å². The summed E-state index contributed by atoms with van der Waals surface area (Å²) in [7, 11) is -2.18. The quantitative estimate of drug-likeness (QED) is 0.645. The smallest absolute Gasteiger partial charge is 0.143 e. The predicted molar refractivity (Wildman–Crippen MR) is 50.0 cm³/mol. The normalized spacial score (nSPS) is 22.3. The van der Waals surface area contributed by atoms with E-state index in [1.807, 2.05) is 0 Å². The molecule has 0 saturated carbocycles. The van der Waals surface area contributed by atoms with Gasteiger partial charge in [-0.25, -0.2) is 8.42 Å². The average Bonchev–Trinajstić information content (AvgIpc) is 2.04. The Bertz CT molecular complexity index is 197. The molecular weight excluding hydrogens is 174 g/mol. The first-order valence-corrected chi connectivity index (χ1v) is 5.73. The van der Waals surface area contributed by atoms with Gasteiger partial charge in [0.05, 0.1) is 5.25 Å². The molecule has 12 heavy (non-hydrogen) atoms. The Morgan fingerprint density at radius 2 is 1.75 bits per heavy atom. The summed E-state index contributed by atoms with van der Waals surface area (Å²) in [6.07, 6.45) is 1.63. The van der Waals surface area contributed by atoms with Crippen molar-refractivity contribution in [2.75, 3.05) is 13.1 Å². The van der Waals surface area contributed by atoms with Gasteiger partial charge in [-0.05, 0) is 39.8 Å². The molecule has 0 N–H and O–H groups in total. The second kappa shape index (κ2) is 4.23. The van der Waals surface area contributed by atoms with E-state index >= 15 is 0 Å². The highest BCUT2D eigenvalue weighted by Crippen LogP contribution is 2.14. The third-order valence-corrected chi connectivity index (χ3v) is 3.64. The molecule has 0 aliphatic carbocycles. The highest BCUT2D eigenvalue weighted by Gasteiger charge is 2.22. The zero-order valence-corrected chi connectivity index (χ0v) is 8.59.